The van der Waals surface area contributed by atoms with Crippen molar-refractivity contribution in [2.24, 2.45) is 0 Å². The maximum absolute atomic E-state index is 6.55. The summed E-state index contributed by atoms with van der Waals surface area (Å²) < 4.78 is 31.8. The topological polar surface area (TPSA) is 46.2 Å². The van der Waals surface area contributed by atoms with E-state index in [2.05, 4.69) is 118 Å². The first-order valence-corrected chi connectivity index (χ1v) is 13.6. The highest BCUT2D eigenvalue weighted by Gasteiger charge is 2.53. The van der Waals surface area contributed by atoms with E-state index < -0.39 is 18.3 Å². The molecule has 5 nitrogen and oxygen atoms in total. The number of ether oxygens (including phenoxy) is 1. The van der Waals surface area contributed by atoms with Crippen molar-refractivity contribution in [2.75, 3.05) is 0 Å². The van der Waals surface area contributed by atoms with E-state index in [1.807, 2.05) is 0 Å². The van der Waals surface area contributed by atoms with Crippen molar-refractivity contribution in [3.63, 3.8) is 0 Å². The van der Waals surface area contributed by atoms with Crippen molar-refractivity contribution in [1.82, 2.24) is 0 Å². The zero-order chi connectivity index (χ0) is 27.5. The number of rotatable bonds is 2. The van der Waals surface area contributed by atoms with Crippen molar-refractivity contribution in [3.8, 4) is 11.5 Å². The second-order valence-corrected chi connectivity index (χ2v) is 13.6. The standard InChI is InChI=1S/C31H38B2O5/c1-27(2)23-15-13-21(33-37-30(7,8)31(9,10)38-33)18-25(23)34-24-16-11-19-17-20(12-14-22(19)26(24)27)32-35-28(3,4)29(5,6)36-32/h11-18H,1-10H3. The first-order valence-electron chi connectivity index (χ1n) is 13.6. The van der Waals surface area contributed by atoms with Gasteiger partial charge in [0.05, 0.1) is 22.4 Å². The lowest BCUT2D eigenvalue weighted by molar-refractivity contribution is 0.00578. The van der Waals surface area contributed by atoms with Crippen LogP contribution in [0.3, 0.4) is 0 Å². The van der Waals surface area contributed by atoms with Crippen LogP contribution in [0.5, 0.6) is 11.5 Å². The Morgan fingerprint density at radius 3 is 1.58 bits per heavy atom. The van der Waals surface area contributed by atoms with Crippen LogP contribution in [0.25, 0.3) is 10.8 Å². The summed E-state index contributed by atoms with van der Waals surface area (Å²) in [5.74, 6) is 1.73. The van der Waals surface area contributed by atoms with Crippen molar-refractivity contribution >= 4 is 35.9 Å². The molecule has 3 aromatic rings. The number of hydrogen-bond acceptors (Lipinski definition) is 5. The van der Waals surface area contributed by atoms with Crippen molar-refractivity contribution in [3.05, 3.63) is 59.7 Å². The van der Waals surface area contributed by atoms with Crippen LogP contribution in [0.1, 0.15) is 80.4 Å². The molecule has 0 radical (unpaired) electrons. The van der Waals surface area contributed by atoms with Crippen LogP contribution in [0, 0.1) is 0 Å². The Kier molecular flexibility index (Phi) is 5.38. The van der Waals surface area contributed by atoms with Crippen molar-refractivity contribution < 1.29 is 23.4 Å². The monoisotopic (exact) mass is 512 g/mol. The molecule has 0 bridgehead atoms. The Labute approximate surface area is 227 Å². The first-order chi connectivity index (χ1) is 17.5. The lowest BCUT2D eigenvalue weighted by atomic mass is 9.70. The fourth-order valence-electron chi connectivity index (χ4n) is 5.70. The maximum Gasteiger partial charge on any atom is 0.494 e. The highest BCUT2D eigenvalue weighted by atomic mass is 16.7. The molecular weight excluding hydrogens is 474 g/mol. The van der Waals surface area contributed by atoms with Gasteiger partial charge in [-0.3, -0.25) is 0 Å². The number of benzene rings is 3. The van der Waals surface area contributed by atoms with Gasteiger partial charge in [-0.1, -0.05) is 50.2 Å². The highest BCUT2D eigenvalue weighted by Crippen LogP contribution is 2.50. The fourth-order valence-corrected chi connectivity index (χ4v) is 5.70. The van der Waals surface area contributed by atoms with Crippen LogP contribution >= 0.6 is 0 Å². The number of fused-ring (bicyclic) bond motifs is 4. The summed E-state index contributed by atoms with van der Waals surface area (Å²) in [6.45, 7) is 21.2. The summed E-state index contributed by atoms with van der Waals surface area (Å²) in [6, 6.07) is 17.0. The van der Waals surface area contributed by atoms with Crippen LogP contribution in [-0.4, -0.2) is 36.6 Å². The smallest absolute Gasteiger partial charge is 0.457 e. The molecule has 6 rings (SSSR count). The van der Waals surface area contributed by atoms with Gasteiger partial charge in [0, 0.05) is 16.5 Å². The van der Waals surface area contributed by atoms with E-state index in [1.54, 1.807) is 0 Å². The largest absolute Gasteiger partial charge is 0.494 e. The summed E-state index contributed by atoms with van der Waals surface area (Å²) in [5, 5.41) is 2.32. The Morgan fingerprint density at radius 1 is 0.526 bits per heavy atom. The molecule has 2 fully saturated rings. The molecule has 3 heterocycles. The normalized spacial score (nSPS) is 23.7. The number of hydrogen-bond donors (Lipinski definition) is 0. The zero-order valence-electron chi connectivity index (χ0n) is 24.3. The van der Waals surface area contributed by atoms with Crippen molar-refractivity contribution in [1.29, 1.82) is 0 Å². The van der Waals surface area contributed by atoms with E-state index in [0.29, 0.717) is 0 Å². The van der Waals surface area contributed by atoms with Crippen LogP contribution < -0.4 is 15.7 Å². The second kappa shape index (κ2) is 7.88. The molecule has 0 N–H and O–H groups in total. The van der Waals surface area contributed by atoms with Gasteiger partial charge in [0.2, 0.25) is 0 Å². The summed E-state index contributed by atoms with van der Waals surface area (Å²) in [7, 11) is -0.817. The quantitative estimate of drug-likeness (QED) is 0.402. The van der Waals surface area contributed by atoms with Gasteiger partial charge in [0.1, 0.15) is 11.5 Å². The maximum atomic E-state index is 6.55. The summed E-state index contributed by atoms with van der Waals surface area (Å²) in [6.07, 6.45) is 0. The minimum atomic E-state index is -0.427. The van der Waals surface area contributed by atoms with E-state index in [1.165, 1.54) is 10.9 Å². The summed E-state index contributed by atoms with van der Waals surface area (Å²) >= 11 is 0. The van der Waals surface area contributed by atoms with Gasteiger partial charge in [0.25, 0.3) is 0 Å². The molecule has 0 amide bonds. The molecule has 0 unspecified atom stereocenters. The Bertz CT molecular complexity index is 1420. The lowest BCUT2D eigenvalue weighted by Crippen LogP contribution is -2.41. The predicted molar refractivity (Wildman–Crippen MR) is 154 cm³/mol. The van der Waals surface area contributed by atoms with Gasteiger partial charge in [-0.15, -0.1) is 0 Å². The molecule has 0 atom stereocenters. The third-order valence-electron chi connectivity index (χ3n) is 9.58. The molecule has 2 saturated heterocycles. The van der Waals surface area contributed by atoms with Crippen LogP contribution in [0.2, 0.25) is 0 Å². The average Bonchev–Trinajstić information content (AvgIpc) is 3.17. The first kappa shape index (κ1) is 25.9. The van der Waals surface area contributed by atoms with Crippen LogP contribution in [-0.2, 0) is 24.0 Å². The fraction of sp³-hybridized carbons (Fsp3) is 0.484. The Hall–Kier alpha value is -2.31. The van der Waals surface area contributed by atoms with Gasteiger partial charge in [-0.2, -0.15) is 0 Å². The molecule has 198 valence electrons. The van der Waals surface area contributed by atoms with Gasteiger partial charge >= 0.3 is 14.2 Å². The summed E-state index contributed by atoms with van der Waals surface area (Å²) in [5.41, 5.74) is 2.53. The molecular formula is C31H38B2O5. The summed E-state index contributed by atoms with van der Waals surface area (Å²) in [4.78, 5) is 0. The minimum absolute atomic E-state index is 0.261. The van der Waals surface area contributed by atoms with Gasteiger partial charge in [0.15, 0.2) is 0 Å². The molecule has 0 aromatic heterocycles. The molecule has 38 heavy (non-hydrogen) atoms. The van der Waals surface area contributed by atoms with E-state index in [0.717, 1.165) is 33.4 Å². The van der Waals surface area contributed by atoms with E-state index in [-0.39, 0.29) is 23.7 Å². The molecule has 0 spiro atoms. The second-order valence-electron chi connectivity index (χ2n) is 13.6. The lowest BCUT2D eigenvalue weighted by Gasteiger charge is -2.36. The van der Waals surface area contributed by atoms with Crippen LogP contribution in [0.4, 0.5) is 0 Å². The minimum Gasteiger partial charge on any atom is -0.457 e. The van der Waals surface area contributed by atoms with Crippen molar-refractivity contribution in [2.45, 2.75) is 97.1 Å². The molecule has 3 aliphatic rings. The third kappa shape index (κ3) is 3.70. The van der Waals surface area contributed by atoms with E-state index in [4.69, 9.17) is 23.4 Å². The van der Waals surface area contributed by atoms with E-state index >= 15 is 0 Å². The molecule has 0 aliphatic carbocycles. The zero-order valence-corrected chi connectivity index (χ0v) is 24.3. The SMILES string of the molecule is CC1(C)c2ccc(B3OC(C)(C)C(C)(C)O3)cc2Oc2ccc3cc(B4OC(C)(C)C(C)(C)O4)ccc3c21. The predicted octanol–water partition coefficient (Wildman–Crippen LogP) is 5.87. The average molecular weight is 512 g/mol. The third-order valence-corrected chi connectivity index (χ3v) is 9.58. The molecule has 3 aliphatic heterocycles. The Morgan fingerprint density at radius 2 is 1.03 bits per heavy atom. The highest BCUT2D eigenvalue weighted by molar-refractivity contribution is 6.62. The van der Waals surface area contributed by atoms with Gasteiger partial charge in [-0.25, -0.2) is 0 Å². The molecule has 7 heteroatoms. The molecule has 3 aromatic carbocycles. The molecule has 0 saturated carbocycles. The van der Waals surface area contributed by atoms with Gasteiger partial charge < -0.3 is 23.4 Å². The van der Waals surface area contributed by atoms with Gasteiger partial charge in [-0.05, 0) is 89.2 Å². The van der Waals surface area contributed by atoms with E-state index in [9.17, 15) is 0 Å². The Balaban J connectivity index is 1.36. The van der Waals surface area contributed by atoms with Crippen LogP contribution in [0.15, 0.2) is 48.5 Å².